The van der Waals surface area contributed by atoms with Gasteiger partial charge in [0.1, 0.15) is 5.75 Å². The molecule has 0 amide bonds. The molecule has 1 N–H and O–H groups in total. The topological polar surface area (TPSA) is 29.5 Å². The predicted octanol–water partition coefficient (Wildman–Crippen LogP) is 4.24. The lowest BCUT2D eigenvalue weighted by Gasteiger charge is -2.35. The molecule has 1 aliphatic rings. The molecule has 0 heterocycles. The zero-order valence-corrected chi connectivity index (χ0v) is 12.5. The van der Waals surface area contributed by atoms with Crippen LogP contribution in [-0.4, -0.2) is 12.2 Å². The first-order valence-corrected chi connectivity index (χ1v) is 7.64. The van der Waals surface area contributed by atoms with E-state index in [-0.39, 0.29) is 5.41 Å². The Balaban J connectivity index is 2.01. The first-order valence-electron chi connectivity index (χ1n) is 7.64. The van der Waals surface area contributed by atoms with Crippen LogP contribution in [0.1, 0.15) is 42.9 Å². The van der Waals surface area contributed by atoms with E-state index in [0.29, 0.717) is 0 Å². The van der Waals surface area contributed by atoms with E-state index >= 15 is 0 Å². The molecule has 2 aromatic rings. The van der Waals surface area contributed by atoms with Crippen LogP contribution in [0.4, 0.5) is 0 Å². The number of hydrogen-bond donors (Lipinski definition) is 1. The maximum absolute atomic E-state index is 11.1. The van der Waals surface area contributed by atoms with E-state index in [1.54, 1.807) is 7.11 Å². The van der Waals surface area contributed by atoms with Gasteiger partial charge in [0.2, 0.25) is 0 Å². The minimum atomic E-state index is -0.488. The molecule has 0 bridgehead atoms. The van der Waals surface area contributed by atoms with Crippen molar-refractivity contribution in [3.63, 3.8) is 0 Å². The molecule has 1 atom stereocenters. The van der Waals surface area contributed by atoms with Crippen LogP contribution in [0, 0.1) is 0 Å². The monoisotopic (exact) mass is 282 g/mol. The standard InChI is InChI=1S/C19H22O2/c1-21-17-11-7-8-15(14-17)18(20)19(12-5-6-13-19)16-9-3-2-4-10-16/h2-4,7-11,14,18,20H,5-6,12-13H2,1H3. The molecule has 0 aliphatic heterocycles. The Hall–Kier alpha value is -1.80. The molecule has 2 aromatic carbocycles. The van der Waals surface area contributed by atoms with Gasteiger partial charge in [-0.05, 0) is 36.1 Å². The maximum Gasteiger partial charge on any atom is 0.119 e. The Kier molecular flexibility index (Phi) is 3.98. The lowest BCUT2D eigenvalue weighted by Crippen LogP contribution is -2.30. The van der Waals surface area contributed by atoms with Gasteiger partial charge in [0.05, 0.1) is 13.2 Å². The highest BCUT2D eigenvalue weighted by molar-refractivity contribution is 5.36. The second-order valence-corrected chi connectivity index (χ2v) is 5.91. The van der Waals surface area contributed by atoms with Gasteiger partial charge in [-0.15, -0.1) is 0 Å². The van der Waals surface area contributed by atoms with E-state index in [2.05, 4.69) is 24.3 Å². The summed E-state index contributed by atoms with van der Waals surface area (Å²) in [6.45, 7) is 0. The van der Waals surface area contributed by atoms with Crippen molar-refractivity contribution < 1.29 is 9.84 Å². The van der Waals surface area contributed by atoms with Crippen LogP contribution in [0.3, 0.4) is 0 Å². The smallest absolute Gasteiger partial charge is 0.119 e. The van der Waals surface area contributed by atoms with Gasteiger partial charge in [0.25, 0.3) is 0 Å². The molecule has 0 aromatic heterocycles. The Morgan fingerprint density at radius 2 is 1.71 bits per heavy atom. The number of benzene rings is 2. The fourth-order valence-corrected chi connectivity index (χ4v) is 3.63. The highest BCUT2D eigenvalue weighted by Crippen LogP contribution is 2.49. The molecule has 1 unspecified atom stereocenters. The minimum Gasteiger partial charge on any atom is -0.497 e. The maximum atomic E-state index is 11.1. The highest BCUT2D eigenvalue weighted by Gasteiger charge is 2.42. The number of rotatable bonds is 4. The lowest BCUT2D eigenvalue weighted by molar-refractivity contribution is 0.0820. The summed E-state index contributed by atoms with van der Waals surface area (Å²) >= 11 is 0. The average molecular weight is 282 g/mol. The number of hydrogen-bond acceptors (Lipinski definition) is 2. The molecule has 1 saturated carbocycles. The van der Waals surface area contributed by atoms with E-state index < -0.39 is 6.10 Å². The van der Waals surface area contributed by atoms with Crippen molar-refractivity contribution in [3.05, 3.63) is 65.7 Å². The van der Waals surface area contributed by atoms with Crippen molar-refractivity contribution in [1.29, 1.82) is 0 Å². The van der Waals surface area contributed by atoms with Crippen LogP contribution in [-0.2, 0) is 5.41 Å². The van der Waals surface area contributed by atoms with Crippen molar-refractivity contribution >= 4 is 0 Å². The largest absolute Gasteiger partial charge is 0.497 e. The molecule has 1 fully saturated rings. The summed E-state index contributed by atoms with van der Waals surface area (Å²) in [7, 11) is 1.66. The van der Waals surface area contributed by atoms with E-state index in [9.17, 15) is 5.11 Å². The third-order valence-corrected chi connectivity index (χ3v) is 4.78. The number of methoxy groups -OCH3 is 1. The molecule has 0 radical (unpaired) electrons. The second kappa shape index (κ2) is 5.90. The summed E-state index contributed by atoms with van der Waals surface area (Å²) in [5.74, 6) is 0.799. The number of aliphatic hydroxyl groups excluding tert-OH is 1. The van der Waals surface area contributed by atoms with Crippen molar-refractivity contribution in [2.24, 2.45) is 0 Å². The first-order chi connectivity index (χ1) is 10.3. The van der Waals surface area contributed by atoms with Crippen LogP contribution >= 0.6 is 0 Å². The van der Waals surface area contributed by atoms with Crippen molar-refractivity contribution in [1.82, 2.24) is 0 Å². The van der Waals surface area contributed by atoms with Gasteiger partial charge in [0, 0.05) is 5.41 Å². The summed E-state index contributed by atoms with van der Waals surface area (Å²) in [5, 5.41) is 11.1. The first kappa shape index (κ1) is 14.2. The average Bonchev–Trinajstić information content (AvgIpc) is 3.06. The van der Waals surface area contributed by atoms with Crippen LogP contribution < -0.4 is 4.74 Å². The highest BCUT2D eigenvalue weighted by atomic mass is 16.5. The normalized spacial score (nSPS) is 18.4. The van der Waals surface area contributed by atoms with Crippen LogP contribution in [0.2, 0.25) is 0 Å². The van der Waals surface area contributed by atoms with Gasteiger partial charge < -0.3 is 9.84 Å². The van der Waals surface area contributed by atoms with Gasteiger partial charge in [-0.2, -0.15) is 0 Å². The Labute approximate surface area is 126 Å². The van der Waals surface area contributed by atoms with Crippen molar-refractivity contribution in [2.75, 3.05) is 7.11 Å². The summed E-state index contributed by atoms with van der Waals surface area (Å²) in [6.07, 6.45) is 3.94. The second-order valence-electron chi connectivity index (χ2n) is 5.91. The van der Waals surface area contributed by atoms with Crippen LogP contribution in [0.25, 0.3) is 0 Å². The van der Waals surface area contributed by atoms with E-state index in [4.69, 9.17) is 4.74 Å². The molecule has 0 spiro atoms. The lowest BCUT2D eigenvalue weighted by atomic mass is 9.72. The summed E-state index contributed by atoms with van der Waals surface area (Å²) < 4.78 is 5.30. The van der Waals surface area contributed by atoms with Gasteiger partial charge in [0.15, 0.2) is 0 Å². The molecule has 2 nitrogen and oxygen atoms in total. The van der Waals surface area contributed by atoms with E-state index in [1.165, 1.54) is 18.4 Å². The fourth-order valence-electron chi connectivity index (χ4n) is 3.63. The molecule has 21 heavy (non-hydrogen) atoms. The summed E-state index contributed by atoms with van der Waals surface area (Å²) in [4.78, 5) is 0. The van der Waals surface area contributed by atoms with Gasteiger partial charge in [-0.25, -0.2) is 0 Å². The molecular formula is C19H22O2. The zero-order valence-electron chi connectivity index (χ0n) is 12.5. The molecule has 1 aliphatic carbocycles. The van der Waals surface area contributed by atoms with Crippen LogP contribution in [0.15, 0.2) is 54.6 Å². The van der Waals surface area contributed by atoms with Gasteiger partial charge in [-0.3, -0.25) is 0 Å². The van der Waals surface area contributed by atoms with Crippen LogP contribution in [0.5, 0.6) is 5.75 Å². The number of ether oxygens (including phenoxy) is 1. The summed E-state index contributed by atoms with van der Waals surface area (Å²) in [5.41, 5.74) is 2.03. The molecule has 3 rings (SSSR count). The molecular weight excluding hydrogens is 260 g/mol. The van der Waals surface area contributed by atoms with Gasteiger partial charge in [-0.1, -0.05) is 55.3 Å². The molecule has 110 valence electrons. The summed E-state index contributed by atoms with van der Waals surface area (Å²) in [6, 6.07) is 18.3. The van der Waals surface area contributed by atoms with Gasteiger partial charge >= 0.3 is 0 Å². The van der Waals surface area contributed by atoms with E-state index in [1.807, 2.05) is 30.3 Å². The number of aliphatic hydroxyl groups is 1. The Bertz CT molecular complexity index is 586. The Morgan fingerprint density at radius 1 is 1.00 bits per heavy atom. The molecule has 0 saturated heterocycles. The minimum absolute atomic E-state index is 0.159. The molecule has 2 heteroatoms. The quantitative estimate of drug-likeness (QED) is 0.909. The fraction of sp³-hybridized carbons (Fsp3) is 0.368. The van der Waals surface area contributed by atoms with E-state index in [0.717, 1.165) is 24.2 Å². The third-order valence-electron chi connectivity index (χ3n) is 4.78. The zero-order chi connectivity index (χ0) is 14.7. The van der Waals surface area contributed by atoms with Crippen molar-refractivity contribution in [3.8, 4) is 5.75 Å². The van der Waals surface area contributed by atoms with Crippen molar-refractivity contribution in [2.45, 2.75) is 37.2 Å². The Morgan fingerprint density at radius 3 is 2.38 bits per heavy atom. The predicted molar refractivity (Wildman–Crippen MR) is 84.5 cm³/mol. The third kappa shape index (κ3) is 2.56. The SMILES string of the molecule is COc1cccc(C(O)C2(c3ccccc3)CCCC2)c1.